The van der Waals surface area contributed by atoms with E-state index in [-0.39, 0.29) is 13.2 Å². The average molecular weight is 203 g/mol. The van der Waals surface area contributed by atoms with Crippen molar-refractivity contribution in [1.82, 2.24) is 5.32 Å². The first-order valence-corrected chi connectivity index (χ1v) is 4.35. The molecule has 0 bridgehead atoms. The summed E-state index contributed by atoms with van der Waals surface area (Å²) in [5.74, 6) is -2.50. The predicted molar refractivity (Wildman–Crippen MR) is 45.3 cm³/mol. The van der Waals surface area contributed by atoms with Crippen LogP contribution in [0.25, 0.3) is 0 Å². The minimum atomic E-state index is -0.977. The number of rotatable bonds is 5. The first kappa shape index (κ1) is 10.9. The highest BCUT2D eigenvalue weighted by Crippen LogP contribution is 2.38. The number of carbonyl (C=O) groups is 2. The number of hydrogen-bond acceptors (Lipinski definition) is 4. The van der Waals surface area contributed by atoms with Crippen LogP contribution in [0.1, 0.15) is 6.42 Å². The zero-order valence-corrected chi connectivity index (χ0v) is 7.51. The van der Waals surface area contributed by atoms with Gasteiger partial charge in [0.1, 0.15) is 0 Å². The van der Waals surface area contributed by atoms with Crippen molar-refractivity contribution in [2.45, 2.75) is 12.5 Å². The molecule has 2 atom stereocenters. The third-order valence-electron chi connectivity index (χ3n) is 2.23. The van der Waals surface area contributed by atoms with Crippen molar-refractivity contribution in [3.63, 3.8) is 0 Å². The van der Waals surface area contributed by atoms with Crippen molar-refractivity contribution in [2.24, 2.45) is 11.8 Å². The molecule has 0 heterocycles. The van der Waals surface area contributed by atoms with Crippen molar-refractivity contribution in [3.05, 3.63) is 0 Å². The fraction of sp³-hybridized carbons (Fsp3) is 0.750. The Labute approximate surface area is 80.5 Å². The second-order valence-corrected chi connectivity index (χ2v) is 3.36. The van der Waals surface area contributed by atoms with Gasteiger partial charge in [0.25, 0.3) is 0 Å². The molecule has 0 aliphatic heterocycles. The van der Waals surface area contributed by atoms with Gasteiger partial charge < -0.3 is 20.6 Å². The summed E-state index contributed by atoms with van der Waals surface area (Å²) in [7, 11) is 0. The molecule has 1 aliphatic rings. The van der Waals surface area contributed by atoms with E-state index < -0.39 is 29.8 Å². The molecule has 80 valence electrons. The standard InChI is InChI=1S/C8H13NO5/c10-2-4(3-11)9-7(12)5-1-6(5)8(13)14/h4-6,10-11H,1-3H2,(H,9,12)(H,13,14)/t5-,6+/m1/s1. The van der Waals surface area contributed by atoms with Crippen LogP contribution < -0.4 is 5.32 Å². The minimum absolute atomic E-state index is 0.338. The Morgan fingerprint density at radius 2 is 1.86 bits per heavy atom. The van der Waals surface area contributed by atoms with E-state index in [2.05, 4.69) is 5.32 Å². The molecule has 1 amide bonds. The SMILES string of the molecule is O=C(O)[C@H]1C[C@H]1C(=O)NC(CO)CO. The smallest absolute Gasteiger partial charge is 0.307 e. The Morgan fingerprint density at radius 3 is 2.21 bits per heavy atom. The molecule has 1 rings (SSSR count). The third kappa shape index (κ3) is 2.43. The zero-order chi connectivity index (χ0) is 10.7. The quantitative estimate of drug-likeness (QED) is 0.420. The highest BCUT2D eigenvalue weighted by molar-refractivity contribution is 5.89. The molecule has 0 spiro atoms. The van der Waals surface area contributed by atoms with Gasteiger partial charge in [0, 0.05) is 0 Å². The molecular weight excluding hydrogens is 190 g/mol. The molecule has 0 radical (unpaired) electrons. The van der Waals surface area contributed by atoms with Crippen LogP contribution in [0.4, 0.5) is 0 Å². The summed E-state index contributed by atoms with van der Waals surface area (Å²) in [6.07, 6.45) is 0.338. The van der Waals surface area contributed by atoms with Crippen LogP contribution in [0.2, 0.25) is 0 Å². The topological polar surface area (TPSA) is 107 Å². The molecule has 0 aromatic rings. The summed E-state index contributed by atoms with van der Waals surface area (Å²) >= 11 is 0. The third-order valence-corrected chi connectivity index (χ3v) is 2.23. The maximum Gasteiger partial charge on any atom is 0.307 e. The van der Waals surface area contributed by atoms with Crippen molar-refractivity contribution in [2.75, 3.05) is 13.2 Å². The fourth-order valence-electron chi connectivity index (χ4n) is 1.21. The molecule has 1 aliphatic carbocycles. The first-order chi connectivity index (χ1) is 6.60. The van der Waals surface area contributed by atoms with Crippen molar-refractivity contribution < 1.29 is 24.9 Å². The number of carboxylic acid groups (broad SMARTS) is 1. The summed E-state index contributed by atoms with van der Waals surface area (Å²) < 4.78 is 0. The molecule has 0 saturated heterocycles. The summed E-state index contributed by atoms with van der Waals surface area (Å²) in [5, 5.41) is 28.2. The van der Waals surface area contributed by atoms with E-state index in [0.29, 0.717) is 6.42 Å². The number of nitrogens with one attached hydrogen (secondary N) is 1. The molecule has 1 saturated carbocycles. The fourth-order valence-corrected chi connectivity index (χ4v) is 1.21. The normalized spacial score (nSPS) is 24.8. The monoisotopic (exact) mass is 203 g/mol. The van der Waals surface area contributed by atoms with Gasteiger partial charge in [0.2, 0.25) is 5.91 Å². The number of aliphatic hydroxyl groups excluding tert-OH is 2. The van der Waals surface area contributed by atoms with Gasteiger partial charge in [0.05, 0.1) is 31.1 Å². The lowest BCUT2D eigenvalue weighted by Crippen LogP contribution is -2.41. The predicted octanol–water partition coefficient (Wildman–Crippen LogP) is -1.82. The first-order valence-electron chi connectivity index (χ1n) is 4.35. The van der Waals surface area contributed by atoms with Gasteiger partial charge >= 0.3 is 5.97 Å². The van der Waals surface area contributed by atoms with Crippen LogP contribution >= 0.6 is 0 Å². The van der Waals surface area contributed by atoms with Crippen LogP contribution in [0, 0.1) is 11.8 Å². The highest BCUT2D eigenvalue weighted by atomic mass is 16.4. The van der Waals surface area contributed by atoms with Crippen LogP contribution in [0.5, 0.6) is 0 Å². The van der Waals surface area contributed by atoms with Crippen LogP contribution in [0.3, 0.4) is 0 Å². The van der Waals surface area contributed by atoms with E-state index in [9.17, 15) is 9.59 Å². The average Bonchev–Trinajstić information content (AvgIpc) is 2.93. The van der Waals surface area contributed by atoms with Crippen molar-refractivity contribution in [3.8, 4) is 0 Å². The molecule has 6 heteroatoms. The largest absolute Gasteiger partial charge is 0.481 e. The van der Waals surface area contributed by atoms with E-state index in [4.69, 9.17) is 15.3 Å². The maximum absolute atomic E-state index is 11.3. The second kappa shape index (κ2) is 4.39. The zero-order valence-electron chi connectivity index (χ0n) is 7.51. The molecule has 14 heavy (non-hydrogen) atoms. The maximum atomic E-state index is 11.3. The molecule has 4 N–H and O–H groups in total. The molecule has 0 aromatic heterocycles. The molecule has 1 fully saturated rings. The number of hydrogen-bond donors (Lipinski definition) is 4. The Balaban J connectivity index is 2.34. The summed E-state index contributed by atoms with van der Waals surface area (Å²) in [5.41, 5.74) is 0. The Bertz CT molecular complexity index is 238. The van der Waals surface area contributed by atoms with E-state index in [1.54, 1.807) is 0 Å². The van der Waals surface area contributed by atoms with Gasteiger partial charge in [-0.1, -0.05) is 0 Å². The van der Waals surface area contributed by atoms with Gasteiger partial charge in [0.15, 0.2) is 0 Å². The van der Waals surface area contributed by atoms with Gasteiger partial charge in [-0.15, -0.1) is 0 Å². The molecule has 0 aromatic carbocycles. The Morgan fingerprint density at radius 1 is 1.29 bits per heavy atom. The highest BCUT2D eigenvalue weighted by Gasteiger charge is 2.48. The summed E-state index contributed by atoms with van der Waals surface area (Å²) in [4.78, 5) is 21.7. The van der Waals surface area contributed by atoms with Gasteiger partial charge in [-0.3, -0.25) is 9.59 Å². The van der Waals surface area contributed by atoms with E-state index in [1.165, 1.54) is 0 Å². The number of aliphatic hydroxyl groups is 2. The van der Waals surface area contributed by atoms with Crippen molar-refractivity contribution in [1.29, 1.82) is 0 Å². The van der Waals surface area contributed by atoms with E-state index in [0.717, 1.165) is 0 Å². The number of aliphatic carboxylic acids is 1. The second-order valence-electron chi connectivity index (χ2n) is 3.36. The van der Waals surface area contributed by atoms with Crippen LogP contribution in [-0.2, 0) is 9.59 Å². The van der Waals surface area contributed by atoms with Crippen molar-refractivity contribution >= 4 is 11.9 Å². The summed E-state index contributed by atoms with van der Waals surface area (Å²) in [6, 6.07) is -0.697. The molecule has 6 nitrogen and oxygen atoms in total. The lowest BCUT2D eigenvalue weighted by molar-refractivity contribution is -0.140. The lowest BCUT2D eigenvalue weighted by atomic mass is 10.2. The minimum Gasteiger partial charge on any atom is -0.481 e. The summed E-state index contributed by atoms with van der Waals surface area (Å²) in [6.45, 7) is -0.709. The number of amides is 1. The molecular formula is C8H13NO5. The Hall–Kier alpha value is -1.14. The van der Waals surface area contributed by atoms with E-state index in [1.807, 2.05) is 0 Å². The van der Waals surface area contributed by atoms with E-state index >= 15 is 0 Å². The number of carboxylic acids is 1. The van der Waals surface area contributed by atoms with Gasteiger partial charge in [-0.25, -0.2) is 0 Å². The van der Waals surface area contributed by atoms with Gasteiger partial charge in [-0.05, 0) is 6.42 Å². The van der Waals surface area contributed by atoms with Crippen LogP contribution in [0.15, 0.2) is 0 Å². The van der Waals surface area contributed by atoms with Crippen LogP contribution in [-0.4, -0.2) is 46.5 Å². The Kier molecular flexibility index (Phi) is 3.43. The lowest BCUT2D eigenvalue weighted by Gasteiger charge is -2.12. The van der Waals surface area contributed by atoms with Gasteiger partial charge in [-0.2, -0.15) is 0 Å². The molecule has 0 unspecified atom stereocenters. The number of carbonyl (C=O) groups excluding carboxylic acids is 1.